The van der Waals surface area contributed by atoms with Crippen LogP contribution in [0.5, 0.6) is 5.75 Å². The molecular formula is C24H29N3O2. The van der Waals surface area contributed by atoms with Gasteiger partial charge in [-0.05, 0) is 48.9 Å². The Balaban J connectivity index is 1.44. The minimum atomic E-state index is -0.0267. The van der Waals surface area contributed by atoms with Gasteiger partial charge >= 0.3 is 0 Å². The number of methoxy groups -OCH3 is 1. The molecule has 2 aromatic carbocycles. The molecule has 29 heavy (non-hydrogen) atoms. The number of fused-ring (bicyclic) bond motifs is 3. The Morgan fingerprint density at radius 2 is 1.97 bits per heavy atom. The second kappa shape index (κ2) is 7.62. The minimum absolute atomic E-state index is 0.0267. The molecule has 152 valence electrons. The summed E-state index contributed by atoms with van der Waals surface area (Å²) in [5.41, 5.74) is 3.72. The maximum absolute atomic E-state index is 13.2. The van der Waals surface area contributed by atoms with E-state index in [1.54, 1.807) is 7.11 Å². The topological polar surface area (TPSA) is 44.8 Å². The molecule has 2 fully saturated rings. The number of anilines is 2. The van der Waals surface area contributed by atoms with Crippen molar-refractivity contribution in [2.75, 3.05) is 43.1 Å². The Hall–Kier alpha value is -2.69. The molecule has 0 radical (unpaired) electrons. The largest absolute Gasteiger partial charge is 0.497 e. The third-order valence-electron chi connectivity index (χ3n) is 6.64. The maximum Gasteiger partial charge on any atom is 0.225 e. The van der Waals surface area contributed by atoms with Crippen LogP contribution in [0.3, 0.4) is 0 Å². The lowest BCUT2D eigenvalue weighted by Crippen LogP contribution is -2.61. The normalized spacial score (nSPS) is 23.2. The molecule has 0 spiro atoms. The molecule has 3 aliphatic rings. The van der Waals surface area contributed by atoms with E-state index in [1.165, 1.54) is 29.8 Å². The van der Waals surface area contributed by atoms with Crippen LogP contribution in [0.15, 0.2) is 48.5 Å². The van der Waals surface area contributed by atoms with E-state index >= 15 is 0 Å². The van der Waals surface area contributed by atoms with Crippen molar-refractivity contribution in [3.63, 3.8) is 0 Å². The molecule has 2 heterocycles. The van der Waals surface area contributed by atoms with Gasteiger partial charge in [-0.25, -0.2) is 0 Å². The summed E-state index contributed by atoms with van der Waals surface area (Å²) in [6.45, 7) is 3.56. The molecule has 2 atom stereocenters. The average Bonchev–Trinajstić information content (AvgIpc) is 3.61. The SMILES string of the molecule is COc1ccc2c(c1)N1CCN(c3ccccc3)CC1C(C(=O)NCC1CC1)C2. The average molecular weight is 392 g/mol. The summed E-state index contributed by atoms with van der Waals surface area (Å²) >= 11 is 0. The Kier molecular flexibility index (Phi) is 4.82. The van der Waals surface area contributed by atoms with Gasteiger partial charge in [-0.3, -0.25) is 4.79 Å². The van der Waals surface area contributed by atoms with Crippen LogP contribution in [0, 0.1) is 11.8 Å². The Morgan fingerprint density at radius 3 is 2.72 bits per heavy atom. The Bertz CT molecular complexity index is 881. The highest BCUT2D eigenvalue weighted by Crippen LogP contribution is 2.39. The predicted molar refractivity (Wildman–Crippen MR) is 116 cm³/mol. The van der Waals surface area contributed by atoms with Crippen LogP contribution in [-0.4, -0.2) is 45.2 Å². The van der Waals surface area contributed by atoms with Gasteiger partial charge in [0, 0.05) is 43.6 Å². The van der Waals surface area contributed by atoms with Crippen LogP contribution in [0.4, 0.5) is 11.4 Å². The van der Waals surface area contributed by atoms with Crippen molar-refractivity contribution >= 4 is 17.3 Å². The fraction of sp³-hybridized carbons (Fsp3) is 0.458. The van der Waals surface area contributed by atoms with Crippen molar-refractivity contribution in [1.82, 2.24) is 5.32 Å². The molecule has 1 N–H and O–H groups in total. The molecule has 1 amide bonds. The molecule has 2 aliphatic heterocycles. The van der Waals surface area contributed by atoms with Crippen LogP contribution in [-0.2, 0) is 11.2 Å². The fourth-order valence-electron chi connectivity index (χ4n) is 4.78. The van der Waals surface area contributed by atoms with Crippen LogP contribution >= 0.6 is 0 Å². The third-order valence-corrected chi connectivity index (χ3v) is 6.64. The number of rotatable bonds is 5. The standard InChI is InChI=1S/C24H29N3O2/c1-29-20-10-9-18-13-21(24(28)25-15-17-7-8-17)23-16-26(19-5-3-2-4-6-19)11-12-27(23)22(18)14-20/h2-6,9-10,14,17,21,23H,7-8,11-13,15-16H2,1H3,(H,25,28). The minimum Gasteiger partial charge on any atom is -0.497 e. The van der Waals surface area contributed by atoms with Gasteiger partial charge in [-0.2, -0.15) is 0 Å². The van der Waals surface area contributed by atoms with E-state index in [-0.39, 0.29) is 17.9 Å². The molecule has 1 saturated heterocycles. The number of hydrogen-bond donors (Lipinski definition) is 1. The van der Waals surface area contributed by atoms with E-state index < -0.39 is 0 Å². The first kappa shape index (κ1) is 18.3. The monoisotopic (exact) mass is 391 g/mol. The van der Waals surface area contributed by atoms with Crippen LogP contribution in [0.25, 0.3) is 0 Å². The molecular weight excluding hydrogens is 362 g/mol. The maximum atomic E-state index is 13.2. The van der Waals surface area contributed by atoms with Crippen molar-refractivity contribution in [3.05, 3.63) is 54.1 Å². The highest BCUT2D eigenvalue weighted by Gasteiger charge is 2.42. The van der Waals surface area contributed by atoms with Gasteiger partial charge in [-0.15, -0.1) is 0 Å². The number of benzene rings is 2. The number of carbonyl (C=O) groups is 1. The molecule has 0 bridgehead atoms. The quantitative estimate of drug-likeness (QED) is 0.851. The van der Waals surface area contributed by atoms with E-state index in [0.29, 0.717) is 5.92 Å². The fourth-order valence-corrected chi connectivity index (χ4v) is 4.78. The van der Waals surface area contributed by atoms with Gasteiger partial charge < -0.3 is 19.9 Å². The zero-order valence-corrected chi connectivity index (χ0v) is 17.0. The second-order valence-corrected chi connectivity index (χ2v) is 8.54. The summed E-state index contributed by atoms with van der Waals surface area (Å²) < 4.78 is 5.48. The number of nitrogens with zero attached hydrogens (tertiary/aromatic N) is 2. The summed E-state index contributed by atoms with van der Waals surface area (Å²) in [7, 11) is 1.71. The number of piperazine rings is 1. The molecule has 5 heteroatoms. The molecule has 2 unspecified atom stereocenters. The van der Waals surface area contributed by atoms with Crippen LogP contribution < -0.4 is 19.9 Å². The van der Waals surface area contributed by atoms with Gasteiger partial charge in [0.15, 0.2) is 0 Å². The number of amides is 1. The summed E-state index contributed by atoms with van der Waals surface area (Å²) in [6.07, 6.45) is 3.30. The molecule has 5 nitrogen and oxygen atoms in total. The summed E-state index contributed by atoms with van der Waals surface area (Å²) in [6, 6.07) is 17.0. The van der Waals surface area contributed by atoms with Gasteiger partial charge in [0.05, 0.1) is 19.1 Å². The molecule has 0 aromatic heterocycles. The van der Waals surface area contributed by atoms with Gasteiger partial charge in [0.2, 0.25) is 5.91 Å². The van der Waals surface area contributed by atoms with Gasteiger partial charge in [0.1, 0.15) is 5.75 Å². The predicted octanol–water partition coefficient (Wildman–Crippen LogP) is 3.09. The Labute approximate surface area is 172 Å². The Morgan fingerprint density at radius 1 is 1.14 bits per heavy atom. The lowest BCUT2D eigenvalue weighted by molar-refractivity contribution is -0.125. The second-order valence-electron chi connectivity index (χ2n) is 8.54. The van der Waals surface area contributed by atoms with E-state index in [2.05, 4.69) is 57.6 Å². The molecule has 1 saturated carbocycles. The highest BCUT2D eigenvalue weighted by molar-refractivity contribution is 5.82. The van der Waals surface area contributed by atoms with Crippen molar-refractivity contribution in [2.24, 2.45) is 11.8 Å². The zero-order valence-electron chi connectivity index (χ0n) is 17.0. The first-order chi connectivity index (χ1) is 14.2. The van der Waals surface area contributed by atoms with Gasteiger partial charge in [-0.1, -0.05) is 24.3 Å². The first-order valence-corrected chi connectivity index (χ1v) is 10.7. The van der Waals surface area contributed by atoms with E-state index in [0.717, 1.165) is 38.3 Å². The lowest BCUT2D eigenvalue weighted by Gasteiger charge is -2.49. The number of hydrogen-bond acceptors (Lipinski definition) is 4. The van der Waals surface area contributed by atoms with Crippen molar-refractivity contribution < 1.29 is 9.53 Å². The lowest BCUT2D eigenvalue weighted by atomic mass is 9.83. The smallest absolute Gasteiger partial charge is 0.225 e. The van der Waals surface area contributed by atoms with Crippen molar-refractivity contribution in [2.45, 2.75) is 25.3 Å². The summed E-state index contributed by atoms with van der Waals surface area (Å²) in [5.74, 6) is 1.76. The number of para-hydroxylation sites is 1. The number of nitrogens with one attached hydrogen (secondary N) is 1. The highest BCUT2D eigenvalue weighted by atomic mass is 16.5. The van der Waals surface area contributed by atoms with E-state index in [9.17, 15) is 4.79 Å². The van der Waals surface area contributed by atoms with Gasteiger partial charge in [0.25, 0.3) is 0 Å². The van der Waals surface area contributed by atoms with Crippen molar-refractivity contribution in [3.8, 4) is 5.75 Å². The van der Waals surface area contributed by atoms with Crippen LogP contribution in [0.1, 0.15) is 18.4 Å². The van der Waals surface area contributed by atoms with E-state index in [4.69, 9.17) is 4.74 Å². The summed E-state index contributed by atoms with van der Waals surface area (Å²) in [4.78, 5) is 18.1. The third kappa shape index (κ3) is 3.66. The first-order valence-electron chi connectivity index (χ1n) is 10.7. The summed E-state index contributed by atoms with van der Waals surface area (Å²) in [5, 5.41) is 3.25. The molecule has 1 aliphatic carbocycles. The zero-order chi connectivity index (χ0) is 19.8. The van der Waals surface area contributed by atoms with E-state index in [1.807, 2.05) is 6.07 Å². The van der Waals surface area contributed by atoms with Crippen LogP contribution in [0.2, 0.25) is 0 Å². The van der Waals surface area contributed by atoms with Crippen molar-refractivity contribution in [1.29, 1.82) is 0 Å². The number of carbonyl (C=O) groups excluding carboxylic acids is 1. The molecule has 5 rings (SSSR count). The number of ether oxygens (including phenoxy) is 1. The molecule has 2 aromatic rings.